The molecule has 0 amide bonds. The molecule has 2 N–H and O–H groups in total. The molecular formula is C11H10N2O. The zero-order valence-electron chi connectivity index (χ0n) is 7.82. The fourth-order valence-electron chi connectivity index (χ4n) is 1.62. The van der Waals surface area contributed by atoms with E-state index in [0.29, 0.717) is 11.4 Å². The highest BCUT2D eigenvalue weighted by Gasteiger charge is 2.05. The van der Waals surface area contributed by atoms with Crippen LogP contribution in [-0.2, 0) is 0 Å². The number of aryl methyl sites for hydroxylation is 1. The average Bonchev–Trinajstić information content (AvgIpc) is 2.18. The summed E-state index contributed by atoms with van der Waals surface area (Å²) in [7, 11) is 0. The molecule has 0 spiro atoms. The molecule has 0 bridgehead atoms. The molecule has 14 heavy (non-hydrogen) atoms. The lowest BCUT2D eigenvalue weighted by molar-refractivity contribution is 0.112. The number of hydrogen-bond donors (Lipinski definition) is 1. The number of carbonyl (C=O) groups excluding carboxylic acids is 1. The number of fused-ring (bicyclic) bond motifs is 1. The summed E-state index contributed by atoms with van der Waals surface area (Å²) in [6.07, 6.45) is 2.42. The van der Waals surface area contributed by atoms with Crippen molar-refractivity contribution in [3.05, 3.63) is 35.7 Å². The molecule has 1 aromatic carbocycles. The van der Waals surface area contributed by atoms with Gasteiger partial charge in [-0.2, -0.15) is 0 Å². The Morgan fingerprint density at radius 2 is 2.21 bits per heavy atom. The molecule has 2 rings (SSSR count). The number of nitrogens with two attached hydrogens (primary N) is 1. The van der Waals surface area contributed by atoms with Gasteiger partial charge in [0.15, 0.2) is 6.29 Å². The van der Waals surface area contributed by atoms with Crippen LogP contribution in [0.2, 0.25) is 0 Å². The monoisotopic (exact) mass is 186 g/mol. The van der Waals surface area contributed by atoms with Gasteiger partial charge in [-0.1, -0.05) is 12.1 Å². The van der Waals surface area contributed by atoms with Crippen molar-refractivity contribution in [1.29, 1.82) is 0 Å². The van der Waals surface area contributed by atoms with Crippen molar-refractivity contribution in [3.63, 3.8) is 0 Å². The van der Waals surface area contributed by atoms with Gasteiger partial charge in [0, 0.05) is 22.7 Å². The second-order valence-corrected chi connectivity index (χ2v) is 3.21. The molecular weight excluding hydrogens is 176 g/mol. The Bertz CT molecular complexity index is 498. The molecule has 0 unspecified atom stereocenters. The summed E-state index contributed by atoms with van der Waals surface area (Å²) >= 11 is 0. The lowest BCUT2D eigenvalue weighted by Gasteiger charge is -2.06. The summed E-state index contributed by atoms with van der Waals surface area (Å²) in [4.78, 5) is 14.8. The Hall–Kier alpha value is -1.90. The van der Waals surface area contributed by atoms with Crippen LogP contribution in [-0.4, -0.2) is 11.3 Å². The molecule has 0 radical (unpaired) electrons. The number of aldehydes is 1. The normalized spacial score (nSPS) is 10.4. The van der Waals surface area contributed by atoms with E-state index in [1.165, 1.54) is 0 Å². The van der Waals surface area contributed by atoms with Gasteiger partial charge in [0.1, 0.15) is 5.69 Å². The standard InChI is InChI=1S/C11H10N2O/c1-7-5-13-10(6-14)8-3-2-4-9(12)11(7)8/h2-6H,12H2,1H3. The van der Waals surface area contributed by atoms with E-state index in [0.717, 1.165) is 22.6 Å². The van der Waals surface area contributed by atoms with Crippen LogP contribution in [0.25, 0.3) is 10.8 Å². The van der Waals surface area contributed by atoms with Crippen LogP contribution >= 0.6 is 0 Å². The van der Waals surface area contributed by atoms with Crippen LogP contribution in [0, 0.1) is 6.92 Å². The minimum absolute atomic E-state index is 0.443. The molecule has 0 aliphatic heterocycles. The number of hydrogen-bond acceptors (Lipinski definition) is 3. The van der Waals surface area contributed by atoms with Crippen LogP contribution in [0.15, 0.2) is 24.4 Å². The van der Waals surface area contributed by atoms with E-state index in [4.69, 9.17) is 5.73 Å². The SMILES string of the molecule is Cc1cnc(C=O)c2cccc(N)c12. The van der Waals surface area contributed by atoms with Crippen LogP contribution in [0.4, 0.5) is 5.69 Å². The van der Waals surface area contributed by atoms with E-state index in [1.807, 2.05) is 25.1 Å². The maximum atomic E-state index is 10.7. The van der Waals surface area contributed by atoms with E-state index in [1.54, 1.807) is 6.20 Å². The van der Waals surface area contributed by atoms with Gasteiger partial charge < -0.3 is 5.73 Å². The van der Waals surface area contributed by atoms with E-state index in [9.17, 15) is 4.79 Å². The number of carbonyl (C=O) groups is 1. The second kappa shape index (κ2) is 3.10. The van der Waals surface area contributed by atoms with Gasteiger partial charge in [-0.25, -0.2) is 0 Å². The highest BCUT2D eigenvalue weighted by atomic mass is 16.1. The molecule has 0 aliphatic rings. The largest absolute Gasteiger partial charge is 0.398 e. The molecule has 2 aromatic rings. The van der Waals surface area contributed by atoms with Crippen LogP contribution in [0.5, 0.6) is 0 Å². The van der Waals surface area contributed by atoms with Crippen molar-refractivity contribution in [3.8, 4) is 0 Å². The topological polar surface area (TPSA) is 56.0 Å². The highest BCUT2D eigenvalue weighted by Crippen LogP contribution is 2.25. The van der Waals surface area contributed by atoms with E-state index in [2.05, 4.69) is 4.98 Å². The molecule has 1 heterocycles. The number of benzene rings is 1. The fraction of sp³-hybridized carbons (Fsp3) is 0.0909. The second-order valence-electron chi connectivity index (χ2n) is 3.21. The van der Waals surface area contributed by atoms with Crippen molar-refractivity contribution in [2.24, 2.45) is 0 Å². The van der Waals surface area contributed by atoms with Crippen molar-refractivity contribution >= 4 is 22.7 Å². The Kier molecular flexibility index (Phi) is 1.93. The lowest BCUT2D eigenvalue weighted by atomic mass is 10.0. The van der Waals surface area contributed by atoms with Gasteiger partial charge in [-0.3, -0.25) is 9.78 Å². The first-order valence-electron chi connectivity index (χ1n) is 4.33. The van der Waals surface area contributed by atoms with Gasteiger partial charge in [0.25, 0.3) is 0 Å². The van der Waals surface area contributed by atoms with Crippen LogP contribution in [0.3, 0.4) is 0 Å². The molecule has 70 valence electrons. The van der Waals surface area contributed by atoms with E-state index >= 15 is 0 Å². The van der Waals surface area contributed by atoms with Crippen molar-refractivity contribution in [2.45, 2.75) is 6.92 Å². The van der Waals surface area contributed by atoms with Gasteiger partial charge in [0.05, 0.1) is 0 Å². The first-order valence-corrected chi connectivity index (χ1v) is 4.33. The number of aromatic nitrogens is 1. The van der Waals surface area contributed by atoms with Crippen LogP contribution in [0.1, 0.15) is 16.1 Å². The molecule has 0 saturated heterocycles. The minimum atomic E-state index is 0.443. The zero-order valence-corrected chi connectivity index (χ0v) is 7.82. The number of rotatable bonds is 1. The maximum Gasteiger partial charge on any atom is 0.169 e. The third-order valence-corrected chi connectivity index (χ3v) is 2.28. The summed E-state index contributed by atoms with van der Waals surface area (Å²) in [6.45, 7) is 1.93. The lowest BCUT2D eigenvalue weighted by Crippen LogP contribution is -1.95. The number of nitrogen functional groups attached to an aromatic ring is 1. The van der Waals surface area contributed by atoms with Gasteiger partial charge in [-0.05, 0) is 18.6 Å². The maximum absolute atomic E-state index is 10.7. The zero-order chi connectivity index (χ0) is 10.1. The third-order valence-electron chi connectivity index (χ3n) is 2.28. The summed E-state index contributed by atoms with van der Waals surface area (Å²) in [5.74, 6) is 0. The number of nitrogens with zero attached hydrogens (tertiary/aromatic N) is 1. The number of anilines is 1. The van der Waals surface area contributed by atoms with Gasteiger partial charge in [-0.15, -0.1) is 0 Å². The number of pyridine rings is 1. The minimum Gasteiger partial charge on any atom is -0.398 e. The molecule has 0 atom stereocenters. The summed E-state index contributed by atoms with van der Waals surface area (Å²) in [5.41, 5.74) is 7.95. The summed E-state index contributed by atoms with van der Waals surface area (Å²) in [6, 6.07) is 5.51. The van der Waals surface area contributed by atoms with E-state index < -0.39 is 0 Å². The van der Waals surface area contributed by atoms with E-state index in [-0.39, 0.29) is 0 Å². The molecule has 0 aliphatic carbocycles. The third kappa shape index (κ3) is 1.14. The molecule has 0 saturated carbocycles. The predicted molar refractivity (Wildman–Crippen MR) is 56.3 cm³/mol. The summed E-state index contributed by atoms with van der Waals surface area (Å²) in [5, 5.41) is 1.74. The molecule has 3 nitrogen and oxygen atoms in total. The first-order chi connectivity index (χ1) is 6.74. The molecule has 1 aromatic heterocycles. The smallest absolute Gasteiger partial charge is 0.169 e. The first kappa shape index (κ1) is 8.69. The Morgan fingerprint density at radius 3 is 2.93 bits per heavy atom. The Labute approximate surface area is 81.6 Å². The van der Waals surface area contributed by atoms with Crippen molar-refractivity contribution < 1.29 is 4.79 Å². The quantitative estimate of drug-likeness (QED) is 0.547. The molecule has 0 fully saturated rings. The highest BCUT2D eigenvalue weighted by molar-refractivity contribution is 6.03. The van der Waals surface area contributed by atoms with Crippen molar-refractivity contribution in [2.75, 3.05) is 5.73 Å². The predicted octanol–water partition coefficient (Wildman–Crippen LogP) is 1.94. The average molecular weight is 186 g/mol. The summed E-state index contributed by atoms with van der Waals surface area (Å²) < 4.78 is 0. The van der Waals surface area contributed by atoms with Crippen LogP contribution < -0.4 is 5.73 Å². The van der Waals surface area contributed by atoms with Gasteiger partial charge >= 0.3 is 0 Å². The Morgan fingerprint density at radius 1 is 1.43 bits per heavy atom. The van der Waals surface area contributed by atoms with Crippen molar-refractivity contribution in [1.82, 2.24) is 4.98 Å². The Balaban J connectivity index is 2.98. The molecule has 3 heteroatoms. The fourth-order valence-corrected chi connectivity index (χ4v) is 1.62. The van der Waals surface area contributed by atoms with Gasteiger partial charge in [0.2, 0.25) is 0 Å².